The normalized spacial score (nSPS) is 14.0. The fourth-order valence-electron chi connectivity index (χ4n) is 7.09. The summed E-state index contributed by atoms with van der Waals surface area (Å²) in [6, 6.07) is 0. The third kappa shape index (κ3) is 48.0. The van der Waals surface area contributed by atoms with E-state index < -0.39 is 57.8 Å². The predicted molar refractivity (Wildman–Crippen MR) is 279 cm³/mol. The highest BCUT2D eigenvalue weighted by molar-refractivity contribution is 7.47. The molecular formula is C56H97O11P. The van der Waals surface area contributed by atoms with Gasteiger partial charge in [-0.25, -0.2) is 4.57 Å². The number of unbranched alkanes of at least 4 members (excludes halogenated alkanes) is 20. The highest BCUT2D eigenvalue weighted by Crippen LogP contribution is 2.43. The van der Waals surface area contributed by atoms with Crippen molar-refractivity contribution in [1.29, 1.82) is 0 Å². The molecule has 0 bridgehead atoms. The van der Waals surface area contributed by atoms with Gasteiger partial charge in [0.05, 0.1) is 19.8 Å². The van der Waals surface area contributed by atoms with Gasteiger partial charge in [0.15, 0.2) is 6.10 Å². The first-order valence-corrected chi connectivity index (χ1v) is 28.3. The topological polar surface area (TPSA) is 155 Å². The maximum absolute atomic E-state index is 12.9. The summed E-state index contributed by atoms with van der Waals surface area (Å²) in [5.74, 6) is -1.53. The summed E-state index contributed by atoms with van der Waals surface area (Å²) in [7, 11) is -4.76. The number of hydrogen-bond acceptors (Lipinski definition) is 10. The average molecular weight is 977 g/mol. The second kappa shape index (κ2) is 50.3. The quantitative estimate of drug-likeness (QED) is 0.0197. The van der Waals surface area contributed by atoms with Crippen LogP contribution in [-0.2, 0) is 42.2 Å². The molecule has 0 heterocycles. The largest absolute Gasteiger partial charge is 0.472 e. The van der Waals surface area contributed by atoms with E-state index in [4.69, 9.17) is 23.3 Å². The molecule has 0 rings (SSSR count). The van der Waals surface area contributed by atoms with Crippen LogP contribution in [0.4, 0.5) is 0 Å². The second-order valence-corrected chi connectivity index (χ2v) is 19.1. The van der Waals surface area contributed by atoms with Crippen LogP contribution in [0, 0.1) is 0 Å². The molecular weight excluding hydrogens is 880 g/mol. The van der Waals surface area contributed by atoms with E-state index in [-0.39, 0.29) is 25.9 Å². The monoisotopic (exact) mass is 977 g/mol. The number of rotatable bonds is 49. The Morgan fingerprint density at radius 2 is 0.765 bits per heavy atom. The predicted octanol–water partition coefficient (Wildman–Crippen LogP) is 15.4. The molecule has 0 aromatic heterocycles. The third-order valence-corrected chi connectivity index (χ3v) is 12.1. The number of allylic oxidation sites excluding steroid dienone is 12. The number of phosphoric acid groups is 1. The van der Waals surface area contributed by atoms with Crippen LogP contribution in [-0.4, -0.2) is 66.5 Å². The lowest BCUT2D eigenvalue weighted by molar-refractivity contribution is -0.161. The molecule has 0 aliphatic rings. The van der Waals surface area contributed by atoms with Crippen molar-refractivity contribution >= 4 is 25.7 Å². The average Bonchev–Trinajstić information content (AvgIpc) is 3.32. The van der Waals surface area contributed by atoms with Crippen LogP contribution >= 0.6 is 7.82 Å². The fourth-order valence-corrected chi connectivity index (χ4v) is 7.87. The van der Waals surface area contributed by atoms with Crippen LogP contribution < -0.4 is 0 Å². The van der Waals surface area contributed by atoms with Crippen molar-refractivity contribution in [2.24, 2.45) is 0 Å². The van der Waals surface area contributed by atoms with Gasteiger partial charge >= 0.3 is 25.7 Å². The molecule has 0 aromatic rings. The summed E-state index contributed by atoms with van der Waals surface area (Å²) in [5.41, 5.74) is 0. The Balaban J connectivity index is 4.79. The van der Waals surface area contributed by atoms with E-state index in [1.165, 1.54) is 70.6 Å². The van der Waals surface area contributed by atoms with Gasteiger partial charge < -0.3 is 24.2 Å². The summed E-state index contributed by atoms with van der Waals surface area (Å²) < 4.78 is 39.3. The van der Waals surface area contributed by atoms with Gasteiger partial charge in [0.1, 0.15) is 12.7 Å². The molecule has 3 atom stereocenters. The summed E-state index contributed by atoms with van der Waals surface area (Å²) in [5, 5.41) is 9.77. The molecule has 0 amide bonds. The molecule has 68 heavy (non-hydrogen) atoms. The second-order valence-electron chi connectivity index (χ2n) is 17.6. The maximum atomic E-state index is 12.9. The first-order chi connectivity index (χ1) is 33.2. The fraction of sp³-hybridized carbons (Fsp3) is 0.732. The first-order valence-electron chi connectivity index (χ1n) is 26.8. The van der Waals surface area contributed by atoms with E-state index in [1.807, 2.05) is 0 Å². The van der Waals surface area contributed by atoms with Crippen molar-refractivity contribution in [3.8, 4) is 0 Å². The van der Waals surface area contributed by atoms with E-state index in [2.05, 4.69) is 93.7 Å². The standard InChI is InChI=1S/C56H97O11P/c1-4-7-10-13-16-19-22-25-26-29-32-35-38-41-44-47-56(60)67-53(49-63-54(58)45-42-39-36-33-30-27-23-20-17-14-11-8-5-2)51-65-68(61,62)64-50-52(48-57)66-55(59)46-43-40-37-34-31-28-24-21-18-15-12-9-6-3/h8-9,11-12,17-18,20-21,27-28,30-31,52-53,57H,4-7,10,13-16,19,22-26,29,32-51H2,1-3H3,(H,61,62)/b11-8-,12-9-,20-17-,21-18-,30-27-,31-28-. The lowest BCUT2D eigenvalue weighted by Gasteiger charge is -2.21. The van der Waals surface area contributed by atoms with Gasteiger partial charge in [0, 0.05) is 19.3 Å². The number of aliphatic hydroxyl groups is 1. The first kappa shape index (κ1) is 64.9. The maximum Gasteiger partial charge on any atom is 0.472 e. The number of aliphatic hydroxyl groups excluding tert-OH is 1. The molecule has 0 radical (unpaired) electrons. The highest BCUT2D eigenvalue weighted by atomic mass is 31.2. The minimum absolute atomic E-state index is 0.139. The van der Waals surface area contributed by atoms with Gasteiger partial charge in [-0.15, -0.1) is 0 Å². The number of phosphoric ester groups is 1. The molecule has 0 saturated heterocycles. The van der Waals surface area contributed by atoms with Crippen LogP contribution in [0.15, 0.2) is 72.9 Å². The Bertz CT molecular complexity index is 1420. The molecule has 12 heteroatoms. The number of carbonyl (C=O) groups excluding carboxylic acids is 3. The summed E-state index contributed by atoms with van der Waals surface area (Å²) in [6.07, 6.45) is 54.5. The van der Waals surface area contributed by atoms with Crippen LogP contribution in [0.3, 0.4) is 0 Å². The Hall–Kier alpha value is -3.08. The number of ether oxygens (including phenoxy) is 3. The van der Waals surface area contributed by atoms with Gasteiger partial charge in [-0.1, -0.05) is 196 Å². The van der Waals surface area contributed by atoms with Crippen molar-refractivity contribution < 1.29 is 52.2 Å². The smallest absolute Gasteiger partial charge is 0.462 e. The Kier molecular flexibility index (Phi) is 48.0. The molecule has 392 valence electrons. The zero-order valence-corrected chi connectivity index (χ0v) is 43.9. The van der Waals surface area contributed by atoms with Gasteiger partial charge in [-0.2, -0.15) is 0 Å². The molecule has 0 aromatic carbocycles. The van der Waals surface area contributed by atoms with Crippen molar-refractivity contribution in [2.45, 2.75) is 238 Å². The SMILES string of the molecule is CC/C=C\C/C=C\C/C=C\CCCCCC(=O)OCC(COP(=O)(O)OCC(CO)OC(=O)CCCCC/C=C\C/C=C\C/C=C\CC)OC(=O)CCCCCCCCCCCCCCCCC. The summed E-state index contributed by atoms with van der Waals surface area (Å²) in [6.45, 7) is 4.34. The van der Waals surface area contributed by atoms with E-state index in [0.29, 0.717) is 19.3 Å². The van der Waals surface area contributed by atoms with E-state index in [1.54, 1.807) is 0 Å². The number of hydrogen-bond donors (Lipinski definition) is 2. The van der Waals surface area contributed by atoms with Gasteiger partial charge in [-0.3, -0.25) is 23.4 Å². The van der Waals surface area contributed by atoms with Crippen LogP contribution in [0.2, 0.25) is 0 Å². The van der Waals surface area contributed by atoms with Gasteiger partial charge in [0.2, 0.25) is 0 Å². The van der Waals surface area contributed by atoms with Gasteiger partial charge in [0.25, 0.3) is 0 Å². The lowest BCUT2D eigenvalue weighted by atomic mass is 10.0. The molecule has 0 aliphatic heterocycles. The van der Waals surface area contributed by atoms with E-state index >= 15 is 0 Å². The van der Waals surface area contributed by atoms with Gasteiger partial charge in [-0.05, 0) is 83.5 Å². The Morgan fingerprint density at radius 1 is 0.426 bits per heavy atom. The van der Waals surface area contributed by atoms with Crippen molar-refractivity contribution in [1.82, 2.24) is 0 Å². The summed E-state index contributed by atoms with van der Waals surface area (Å²) in [4.78, 5) is 48.3. The Labute approximate surface area is 414 Å². The summed E-state index contributed by atoms with van der Waals surface area (Å²) >= 11 is 0. The zero-order valence-electron chi connectivity index (χ0n) is 43.1. The number of carbonyl (C=O) groups is 3. The van der Waals surface area contributed by atoms with Crippen LogP contribution in [0.25, 0.3) is 0 Å². The van der Waals surface area contributed by atoms with Crippen LogP contribution in [0.5, 0.6) is 0 Å². The van der Waals surface area contributed by atoms with E-state index in [0.717, 1.165) is 96.3 Å². The molecule has 0 saturated carbocycles. The molecule has 2 N–H and O–H groups in total. The van der Waals surface area contributed by atoms with Crippen LogP contribution in [0.1, 0.15) is 226 Å². The molecule has 3 unspecified atom stereocenters. The zero-order chi connectivity index (χ0) is 49.9. The molecule has 0 aliphatic carbocycles. The minimum atomic E-state index is -4.76. The molecule has 11 nitrogen and oxygen atoms in total. The van der Waals surface area contributed by atoms with Crippen molar-refractivity contribution in [2.75, 3.05) is 26.4 Å². The number of esters is 3. The minimum Gasteiger partial charge on any atom is -0.462 e. The lowest BCUT2D eigenvalue weighted by Crippen LogP contribution is -2.30. The molecule has 0 fully saturated rings. The van der Waals surface area contributed by atoms with Crippen molar-refractivity contribution in [3.05, 3.63) is 72.9 Å². The Morgan fingerprint density at radius 3 is 1.18 bits per heavy atom. The molecule has 0 spiro atoms. The third-order valence-electron chi connectivity index (χ3n) is 11.1. The van der Waals surface area contributed by atoms with E-state index in [9.17, 15) is 28.9 Å². The highest BCUT2D eigenvalue weighted by Gasteiger charge is 2.28. The van der Waals surface area contributed by atoms with Crippen molar-refractivity contribution in [3.63, 3.8) is 0 Å².